The zero-order chi connectivity index (χ0) is 24.0. The lowest BCUT2D eigenvalue weighted by Crippen LogP contribution is -2.38. The maximum atomic E-state index is 12.9. The number of benzene rings is 1. The Kier molecular flexibility index (Phi) is 8.87. The highest BCUT2D eigenvalue weighted by Gasteiger charge is 2.36. The smallest absolute Gasteiger partial charge is 0.433 e. The van der Waals surface area contributed by atoms with Gasteiger partial charge in [-0.3, -0.25) is 0 Å². The third-order valence-electron chi connectivity index (χ3n) is 4.63. The molecule has 1 aliphatic heterocycles. The van der Waals surface area contributed by atoms with Crippen LogP contribution in [0.3, 0.4) is 0 Å². The number of alkyl halides is 6. The fourth-order valence-electron chi connectivity index (χ4n) is 3.13. The first kappa shape index (κ1) is 26.3. The minimum absolute atomic E-state index is 0.103. The van der Waals surface area contributed by atoms with Crippen LogP contribution < -0.4 is 4.74 Å². The van der Waals surface area contributed by atoms with E-state index in [2.05, 4.69) is 4.98 Å². The summed E-state index contributed by atoms with van der Waals surface area (Å²) >= 11 is 1.35. The predicted molar refractivity (Wildman–Crippen MR) is 111 cm³/mol. The van der Waals surface area contributed by atoms with Crippen molar-refractivity contribution in [1.82, 2.24) is 4.98 Å². The van der Waals surface area contributed by atoms with Crippen molar-refractivity contribution in [2.24, 2.45) is 0 Å². The molecule has 0 N–H and O–H groups in total. The standard InChI is InChI=1S/C20H19F6NO2S.C2H6/c1-18(30-16-4-2-3-13(9-16)19(21,22)23)7-8-28-15(10-18)12-29-14-5-6-17(27-11-14)20(24,25)26;1-2/h2-6,9,11,15H,7-8,10,12H2,1H3;1-2H3. The Morgan fingerprint density at radius 3 is 2.41 bits per heavy atom. The molecule has 1 fully saturated rings. The number of aromatic nitrogens is 1. The third-order valence-corrected chi connectivity index (χ3v) is 5.99. The zero-order valence-corrected chi connectivity index (χ0v) is 18.7. The van der Waals surface area contributed by atoms with Crippen LogP contribution in [-0.2, 0) is 17.1 Å². The van der Waals surface area contributed by atoms with Crippen LogP contribution in [0, 0.1) is 0 Å². The number of ether oxygens (including phenoxy) is 2. The highest BCUT2D eigenvalue weighted by Crippen LogP contribution is 2.43. The van der Waals surface area contributed by atoms with E-state index >= 15 is 0 Å². The van der Waals surface area contributed by atoms with Crippen molar-refractivity contribution < 1.29 is 35.8 Å². The number of rotatable bonds is 5. The second kappa shape index (κ2) is 10.8. The van der Waals surface area contributed by atoms with Crippen molar-refractivity contribution in [1.29, 1.82) is 0 Å². The fraction of sp³-hybridized carbons (Fsp3) is 0.500. The molecule has 0 saturated carbocycles. The molecule has 2 unspecified atom stereocenters. The maximum Gasteiger partial charge on any atom is 0.433 e. The molecule has 0 aliphatic carbocycles. The van der Waals surface area contributed by atoms with Gasteiger partial charge < -0.3 is 9.47 Å². The zero-order valence-electron chi connectivity index (χ0n) is 17.9. The number of hydrogen-bond donors (Lipinski definition) is 0. The molecule has 2 heterocycles. The SMILES string of the molecule is CC.CC1(Sc2cccc(C(F)(F)F)c2)CCOC(COc2ccc(C(F)(F)F)nc2)C1. The first-order valence-electron chi connectivity index (χ1n) is 10.1. The monoisotopic (exact) mass is 481 g/mol. The number of halogens is 6. The molecule has 178 valence electrons. The van der Waals surface area contributed by atoms with Crippen LogP contribution in [0.25, 0.3) is 0 Å². The number of pyridine rings is 1. The lowest BCUT2D eigenvalue weighted by molar-refractivity contribution is -0.141. The summed E-state index contributed by atoms with van der Waals surface area (Å²) in [5.74, 6) is 0.185. The Bertz CT molecular complexity index is 857. The van der Waals surface area contributed by atoms with Crippen molar-refractivity contribution >= 4 is 11.8 Å². The van der Waals surface area contributed by atoms with Crippen molar-refractivity contribution in [2.75, 3.05) is 13.2 Å². The highest BCUT2D eigenvalue weighted by molar-refractivity contribution is 8.00. The topological polar surface area (TPSA) is 31.4 Å². The minimum atomic E-state index is -4.52. The molecule has 10 heteroatoms. The predicted octanol–water partition coefficient (Wildman–Crippen LogP) is 7.25. The van der Waals surface area contributed by atoms with Gasteiger partial charge in [-0.25, -0.2) is 4.98 Å². The summed E-state index contributed by atoms with van der Waals surface area (Å²) in [4.78, 5) is 3.85. The lowest BCUT2D eigenvalue weighted by Gasteiger charge is -2.37. The summed E-state index contributed by atoms with van der Waals surface area (Å²) in [6, 6.07) is 7.21. The lowest BCUT2D eigenvalue weighted by atomic mass is 9.97. The molecule has 2 atom stereocenters. The molecule has 1 saturated heterocycles. The van der Waals surface area contributed by atoms with Gasteiger partial charge in [-0.2, -0.15) is 26.3 Å². The summed E-state index contributed by atoms with van der Waals surface area (Å²) in [6.45, 7) is 6.46. The van der Waals surface area contributed by atoms with E-state index in [0.29, 0.717) is 24.3 Å². The first-order chi connectivity index (χ1) is 14.9. The van der Waals surface area contributed by atoms with Gasteiger partial charge in [0.25, 0.3) is 0 Å². The Morgan fingerprint density at radius 2 is 1.81 bits per heavy atom. The average Bonchev–Trinajstić information content (AvgIpc) is 2.73. The normalized spacial score (nSPS) is 21.5. The van der Waals surface area contributed by atoms with Gasteiger partial charge in [0, 0.05) is 16.2 Å². The van der Waals surface area contributed by atoms with Gasteiger partial charge in [-0.15, -0.1) is 11.8 Å². The molecule has 0 radical (unpaired) electrons. The summed E-state index contributed by atoms with van der Waals surface area (Å²) in [5.41, 5.74) is -1.70. The highest BCUT2D eigenvalue weighted by atomic mass is 32.2. The Morgan fingerprint density at radius 1 is 1.09 bits per heavy atom. The minimum Gasteiger partial charge on any atom is -0.489 e. The van der Waals surface area contributed by atoms with Gasteiger partial charge in [-0.1, -0.05) is 19.9 Å². The van der Waals surface area contributed by atoms with Crippen LogP contribution in [0.15, 0.2) is 47.5 Å². The second-order valence-electron chi connectivity index (χ2n) is 7.21. The van der Waals surface area contributed by atoms with Crippen molar-refractivity contribution in [3.8, 4) is 5.75 Å². The Balaban J connectivity index is 0.00000176. The molecule has 0 amide bonds. The van der Waals surface area contributed by atoms with Crippen molar-refractivity contribution in [3.05, 3.63) is 53.9 Å². The van der Waals surface area contributed by atoms with Crippen LogP contribution in [0.2, 0.25) is 0 Å². The van der Waals surface area contributed by atoms with E-state index in [9.17, 15) is 26.3 Å². The van der Waals surface area contributed by atoms with Crippen LogP contribution in [0.1, 0.15) is 44.9 Å². The van der Waals surface area contributed by atoms with E-state index in [1.165, 1.54) is 23.9 Å². The molecule has 0 spiro atoms. The summed E-state index contributed by atoms with van der Waals surface area (Å²) in [5, 5.41) is 0. The van der Waals surface area contributed by atoms with E-state index in [0.717, 1.165) is 24.4 Å². The molecule has 0 bridgehead atoms. The van der Waals surface area contributed by atoms with Gasteiger partial charge in [0.1, 0.15) is 18.1 Å². The van der Waals surface area contributed by atoms with Crippen LogP contribution in [0.5, 0.6) is 5.75 Å². The molecule has 1 aliphatic rings. The Labute approximate surface area is 187 Å². The average molecular weight is 482 g/mol. The van der Waals surface area contributed by atoms with Crippen LogP contribution in [0.4, 0.5) is 26.3 Å². The summed E-state index contributed by atoms with van der Waals surface area (Å²) in [6.07, 6.45) is -7.10. The van der Waals surface area contributed by atoms with Gasteiger partial charge in [0.2, 0.25) is 0 Å². The third kappa shape index (κ3) is 7.58. The molecule has 32 heavy (non-hydrogen) atoms. The van der Waals surface area contributed by atoms with Gasteiger partial charge in [0.05, 0.1) is 17.9 Å². The van der Waals surface area contributed by atoms with Gasteiger partial charge in [0.15, 0.2) is 0 Å². The second-order valence-corrected chi connectivity index (χ2v) is 8.87. The first-order valence-corrected chi connectivity index (χ1v) is 10.9. The quantitative estimate of drug-likeness (QED) is 0.421. The molecular formula is C22H25F6NO2S. The van der Waals surface area contributed by atoms with E-state index in [4.69, 9.17) is 9.47 Å². The van der Waals surface area contributed by atoms with Crippen molar-refractivity contribution in [2.45, 2.75) is 61.7 Å². The number of hydrogen-bond acceptors (Lipinski definition) is 4. The summed E-state index contributed by atoms with van der Waals surface area (Å²) in [7, 11) is 0. The van der Waals surface area contributed by atoms with Gasteiger partial charge in [-0.05, 0) is 50.1 Å². The van der Waals surface area contributed by atoms with Crippen molar-refractivity contribution in [3.63, 3.8) is 0 Å². The Hall–Kier alpha value is -1.94. The molecular weight excluding hydrogens is 456 g/mol. The molecule has 2 aromatic rings. The molecule has 1 aromatic heterocycles. The fourth-order valence-corrected chi connectivity index (χ4v) is 4.48. The van der Waals surface area contributed by atoms with E-state index in [1.807, 2.05) is 20.8 Å². The largest absolute Gasteiger partial charge is 0.489 e. The number of thioether (sulfide) groups is 1. The van der Waals surface area contributed by atoms with E-state index < -0.39 is 23.6 Å². The van der Waals surface area contributed by atoms with Gasteiger partial charge >= 0.3 is 12.4 Å². The van der Waals surface area contributed by atoms with Crippen LogP contribution in [-0.4, -0.2) is 29.0 Å². The number of nitrogens with zero attached hydrogens (tertiary/aromatic N) is 1. The molecule has 3 nitrogen and oxygen atoms in total. The summed E-state index contributed by atoms with van der Waals surface area (Å²) < 4.78 is 87.3. The maximum absolute atomic E-state index is 12.9. The van der Waals surface area contributed by atoms with E-state index in [1.54, 1.807) is 6.07 Å². The molecule has 3 rings (SSSR count). The molecule has 1 aromatic carbocycles. The van der Waals surface area contributed by atoms with Crippen LogP contribution >= 0.6 is 11.8 Å². The van der Waals surface area contributed by atoms with E-state index in [-0.39, 0.29) is 23.2 Å².